The van der Waals surface area contributed by atoms with Crippen molar-refractivity contribution in [3.8, 4) is 0 Å². The van der Waals surface area contributed by atoms with Crippen LogP contribution in [0.5, 0.6) is 0 Å². The summed E-state index contributed by atoms with van der Waals surface area (Å²) in [5, 5.41) is 2.50. The van der Waals surface area contributed by atoms with Gasteiger partial charge in [0.25, 0.3) is 17.0 Å². The molecule has 1 spiro atoms. The molecule has 13 atom stereocenters. The number of alkyl halides is 3. The number of sulfone groups is 1. The van der Waals surface area contributed by atoms with Crippen molar-refractivity contribution >= 4 is 29.1 Å². The first kappa shape index (κ1) is 60.2. The molecule has 416 valence electrons. The second-order valence-electron chi connectivity index (χ2n) is 18.9. The Morgan fingerprint density at radius 2 is 1.32 bits per heavy atom. The number of hydrogen-bond donors (Lipinski definition) is 5. The summed E-state index contributed by atoms with van der Waals surface area (Å²) in [6.45, 7) is 15.3. The normalized spacial score (nSPS) is 30.7. The van der Waals surface area contributed by atoms with E-state index < -0.39 is 131 Å². The second kappa shape index (κ2) is 25.0. The molecule has 1 unspecified atom stereocenters. The van der Waals surface area contributed by atoms with E-state index in [4.69, 9.17) is 37.9 Å². The summed E-state index contributed by atoms with van der Waals surface area (Å²) in [5.74, 6) is -1.34. The number of carbonyl (C=O) groups is 2. The molecule has 4 fully saturated rings. The lowest BCUT2D eigenvalue weighted by molar-refractivity contribution is -0.126. The molecule has 0 bridgehead atoms. The van der Waals surface area contributed by atoms with Crippen LogP contribution < -0.4 is 27.8 Å². The molecule has 1 saturated carbocycles. The van der Waals surface area contributed by atoms with Crippen LogP contribution in [0.3, 0.4) is 0 Å². The van der Waals surface area contributed by atoms with Crippen LogP contribution in [0, 0.1) is 5.92 Å². The molecule has 30 heteroatoms. The summed E-state index contributed by atoms with van der Waals surface area (Å²) in [4.78, 5) is 92.3. The van der Waals surface area contributed by atoms with Crippen molar-refractivity contribution in [3.63, 3.8) is 0 Å². The van der Waals surface area contributed by atoms with Crippen molar-refractivity contribution in [2.24, 2.45) is 5.92 Å². The lowest BCUT2D eigenvalue weighted by Crippen LogP contribution is -2.45. The fourth-order valence-corrected chi connectivity index (χ4v) is 9.88. The van der Waals surface area contributed by atoms with Crippen molar-refractivity contribution in [2.75, 3.05) is 38.2 Å². The first-order chi connectivity index (χ1) is 34.4. The molecule has 4 aliphatic heterocycles. The van der Waals surface area contributed by atoms with E-state index in [0.29, 0.717) is 0 Å². The molecule has 0 radical (unpaired) electrons. The Labute approximate surface area is 422 Å². The molecule has 0 aromatic carbocycles. The summed E-state index contributed by atoms with van der Waals surface area (Å²) >= 11 is 0. The van der Waals surface area contributed by atoms with E-state index in [1.807, 2.05) is 9.97 Å². The van der Waals surface area contributed by atoms with E-state index in [-0.39, 0.29) is 62.1 Å². The molecule has 2 aromatic heterocycles. The number of aromatic amines is 2. The van der Waals surface area contributed by atoms with Gasteiger partial charge in [-0.25, -0.2) is 31.2 Å². The van der Waals surface area contributed by atoms with Gasteiger partial charge in [-0.2, -0.15) is 0 Å². The zero-order chi connectivity index (χ0) is 55.2. The summed E-state index contributed by atoms with van der Waals surface area (Å²) in [6, 6.07) is 2.14. The Bertz CT molecular complexity index is 2730. The molecule has 1 amide bonds. The minimum absolute atomic E-state index is 0.0320. The molecule has 6 heterocycles. The standard InChI is InChI=1S/C16H23FN2O5.C14H20FN2O7P.C14H21FN2O7S/c1-9(2)23-15-12(8-22-7-10(3)20)24-16(14(15)17)19-6-5-13(21)18-11(19)4;1-7(2)23-11-10(15)12(17-4-3-9(18)16-13(17)19)24-14(11)5-8(14)6-25(20,21)22;1-8(2)23-12-9(6-22-7-25(3,20)21)24-13(11(12)15)17-5-4-10(18)16-14(17)19/h5-6,9,12,14-16H,4,7-8H2,1-3H3,(H,18,21);3-4,7-8,10-12H,5-6H2,1-2H3,(H,16,18,19)(H2,20,21,22);4-5,8-9,11-13H,6-7H2,1-3H3,(H,16,18,19)/t12-,14-,15-,16-;8?,10-,11+,12-,14-;9-,11-,12-,13-/m111/s1. The summed E-state index contributed by atoms with van der Waals surface area (Å²) in [7, 11) is -7.65. The number of H-pyrrole nitrogens is 2. The SMILES string of the molecule is C=C1NC(=O)C=CN1[C@@H]1O[C@H](COCC(C)=O)[C@@H](OC(C)C)[C@H]1F.CC(C)O[C@H]1[C@@H](F)[C@H](n2ccc(=O)[nH]c2=O)O[C@@H]1COCS(C)(=O)=O.CC(C)O[C@H]1[C@@H](F)[C@H](n2ccc(=O)[nH]c2=O)O[C@@]12CC2CP(=O)(O)O. The average molecular weight is 1100 g/mol. The van der Waals surface area contributed by atoms with Crippen LogP contribution in [0.2, 0.25) is 0 Å². The highest BCUT2D eigenvalue weighted by Crippen LogP contribution is 2.62. The molecule has 7 rings (SSSR count). The molecule has 5 aliphatic rings. The van der Waals surface area contributed by atoms with Gasteiger partial charge in [0.1, 0.15) is 54.5 Å². The van der Waals surface area contributed by atoms with Crippen LogP contribution in [0.15, 0.2) is 68.4 Å². The van der Waals surface area contributed by atoms with Crippen LogP contribution in [0.25, 0.3) is 0 Å². The number of aromatic nitrogens is 4. The predicted molar refractivity (Wildman–Crippen MR) is 253 cm³/mol. The maximum Gasteiger partial charge on any atom is 0.330 e. The van der Waals surface area contributed by atoms with Crippen molar-refractivity contribution < 1.29 is 83.4 Å². The quantitative estimate of drug-likeness (QED) is 0.120. The maximum absolute atomic E-state index is 15.0. The number of nitrogens with one attached hydrogen (secondary N) is 3. The summed E-state index contributed by atoms with van der Waals surface area (Å²) in [6.07, 6.45) is -8.25. The van der Waals surface area contributed by atoms with Gasteiger partial charge in [-0.05, 0) is 54.9 Å². The van der Waals surface area contributed by atoms with Crippen LogP contribution in [-0.4, -0.2) is 171 Å². The largest absolute Gasteiger partial charge is 0.371 e. The molecule has 3 saturated heterocycles. The van der Waals surface area contributed by atoms with Gasteiger partial charge in [-0.15, -0.1) is 0 Å². The van der Waals surface area contributed by atoms with E-state index in [1.165, 1.54) is 24.1 Å². The van der Waals surface area contributed by atoms with E-state index in [9.17, 15) is 60.3 Å². The zero-order valence-corrected chi connectivity index (χ0v) is 43.5. The van der Waals surface area contributed by atoms with E-state index in [1.54, 1.807) is 41.5 Å². The van der Waals surface area contributed by atoms with Gasteiger partial charge >= 0.3 is 19.0 Å². The minimum Gasteiger partial charge on any atom is -0.371 e. The van der Waals surface area contributed by atoms with Crippen molar-refractivity contribution in [2.45, 2.75) is 147 Å². The number of rotatable bonds is 19. The number of ether oxygens (including phenoxy) is 8. The number of Topliss-reactive ketones (excluding diaryl/α,β-unsaturated/α-hetero) is 1. The fraction of sp³-hybridized carbons (Fsp3) is 0.682. The van der Waals surface area contributed by atoms with Crippen molar-refractivity contribution in [1.82, 2.24) is 29.3 Å². The maximum atomic E-state index is 15.0. The number of ketones is 1. The first-order valence-corrected chi connectivity index (χ1v) is 27.1. The highest BCUT2D eigenvalue weighted by molar-refractivity contribution is 7.90. The summed E-state index contributed by atoms with van der Waals surface area (Å²) < 4.78 is 124. The zero-order valence-electron chi connectivity index (χ0n) is 41.7. The Balaban J connectivity index is 0.000000206. The molecule has 2 aromatic rings. The fourth-order valence-electron chi connectivity index (χ4n) is 8.47. The minimum atomic E-state index is -4.30. The highest BCUT2D eigenvalue weighted by atomic mass is 32.2. The van der Waals surface area contributed by atoms with Crippen molar-refractivity contribution in [1.29, 1.82) is 0 Å². The number of amides is 1. The Kier molecular flexibility index (Phi) is 20.3. The lowest BCUT2D eigenvalue weighted by atomic mass is 10.1. The van der Waals surface area contributed by atoms with Crippen molar-refractivity contribution in [3.05, 3.63) is 90.9 Å². The molecule has 25 nitrogen and oxygen atoms in total. The lowest BCUT2D eigenvalue weighted by Gasteiger charge is -2.32. The average Bonchev–Trinajstić information content (AvgIpc) is 3.59. The Morgan fingerprint density at radius 1 is 0.824 bits per heavy atom. The molecular weight excluding hydrogens is 1040 g/mol. The third-order valence-electron chi connectivity index (χ3n) is 11.4. The van der Waals surface area contributed by atoms with E-state index in [0.717, 1.165) is 39.9 Å². The van der Waals surface area contributed by atoms with E-state index in [2.05, 4.69) is 11.9 Å². The number of hydrogen-bond acceptors (Lipinski definition) is 18. The van der Waals surface area contributed by atoms with Crippen LogP contribution in [0.1, 0.15) is 67.3 Å². The van der Waals surface area contributed by atoms with Gasteiger partial charge in [0.15, 0.2) is 52.8 Å². The molecular formula is C44H64F3N6O19PS. The third kappa shape index (κ3) is 15.9. The topological polar surface area (TPSA) is 325 Å². The van der Waals surface area contributed by atoms with Gasteiger partial charge in [0, 0.05) is 49.0 Å². The smallest absolute Gasteiger partial charge is 0.330 e. The van der Waals surface area contributed by atoms with Crippen LogP contribution in [-0.2, 0) is 61.9 Å². The second-order valence-corrected chi connectivity index (χ2v) is 22.7. The third-order valence-corrected chi connectivity index (χ3v) is 12.9. The van der Waals surface area contributed by atoms with Gasteiger partial charge in [0.2, 0.25) is 0 Å². The van der Waals surface area contributed by atoms with Crippen LogP contribution in [0.4, 0.5) is 13.2 Å². The highest BCUT2D eigenvalue weighted by Gasteiger charge is 2.71. The number of nitrogens with zero attached hydrogens (tertiary/aromatic N) is 3. The van der Waals surface area contributed by atoms with E-state index >= 15 is 4.39 Å². The first-order valence-electron chi connectivity index (χ1n) is 23.2. The number of halogens is 3. The predicted octanol–water partition coefficient (Wildman–Crippen LogP) is 0.583. The van der Waals surface area contributed by atoms with Gasteiger partial charge in [-0.1, -0.05) is 6.58 Å². The number of carbonyl (C=O) groups excluding carboxylic acids is 2. The van der Waals surface area contributed by atoms with Crippen LogP contribution >= 0.6 is 7.60 Å². The molecule has 1 aliphatic carbocycles. The van der Waals surface area contributed by atoms with Gasteiger partial charge in [0.05, 0.1) is 37.7 Å². The molecule has 5 N–H and O–H groups in total. The summed E-state index contributed by atoms with van der Waals surface area (Å²) in [5.41, 5.74) is -4.07. The molecule has 74 heavy (non-hydrogen) atoms. The van der Waals surface area contributed by atoms with Gasteiger partial charge in [-0.3, -0.25) is 42.8 Å². The van der Waals surface area contributed by atoms with Gasteiger partial charge < -0.3 is 57.9 Å². The Morgan fingerprint density at radius 3 is 1.80 bits per heavy atom. The Hall–Kier alpha value is -4.65. The monoisotopic (exact) mass is 1100 g/mol.